The first-order valence-electron chi connectivity index (χ1n) is 17.3. The molecule has 0 radical (unpaired) electrons. The number of pyridine rings is 1. The number of amides is 2. The molecular formula is C38H47N7O3. The number of imidazole rings is 1. The molecule has 4 heterocycles. The highest BCUT2D eigenvalue weighted by molar-refractivity contribution is 6.09. The Morgan fingerprint density at radius 2 is 1.90 bits per heavy atom. The van der Waals surface area contributed by atoms with Gasteiger partial charge < -0.3 is 30.2 Å². The lowest BCUT2D eigenvalue weighted by molar-refractivity contribution is -0.123. The van der Waals surface area contributed by atoms with Gasteiger partial charge in [0.05, 0.1) is 29.6 Å². The van der Waals surface area contributed by atoms with Crippen LogP contribution in [0.3, 0.4) is 0 Å². The second-order valence-electron chi connectivity index (χ2n) is 14.7. The van der Waals surface area contributed by atoms with Crippen molar-refractivity contribution < 1.29 is 14.3 Å². The fourth-order valence-electron chi connectivity index (χ4n) is 7.57. The standard InChI is InChI=1S/C38H47N7O3/c1-21(2)44-20-40-32-18-31(43-35(34(32)44)42-25-10-8-22(3)28(17-25)36(46)39-7)24-9-11-29-33(14-24)45(37(47)38(29,5)6)27-15-26(16-27)41-30-12-13-48-19-23(30)4/h8-11,14,17-18,20-21,23,26-27,30,41H,12-13,15-16,19H2,1-7H3,(H,39,46)(H,42,43)/t23-,26?,27?,30+/m0/s1. The van der Waals surface area contributed by atoms with Crippen LogP contribution in [0.1, 0.15) is 81.4 Å². The summed E-state index contributed by atoms with van der Waals surface area (Å²) in [6.45, 7) is 14.1. The Morgan fingerprint density at radius 1 is 1.10 bits per heavy atom. The molecular weight excluding hydrogens is 602 g/mol. The number of benzene rings is 2. The van der Waals surface area contributed by atoms with Crippen molar-refractivity contribution in [3.05, 3.63) is 65.5 Å². The molecule has 0 unspecified atom stereocenters. The maximum atomic E-state index is 14.0. The van der Waals surface area contributed by atoms with Crippen molar-refractivity contribution in [2.24, 2.45) is 5.92 Å². The maximum Gasteiger partial charge on any atom is 0.251 e. The second-order valence-corrected chi connectivity index (χ2v) is 14.7. The van der Waals surface area contributed by atoms with E-state index in [4.69, 9.17) is 14.7 Å². The Balaban J connectivity index is 1.23. The number of carbonyl (C=O) groups is 2. The zero-order valence-electron chi connectivity index (χ0n) is 29.1. The first kappa shape index (κ1) is 32.3. The predicted octanol–water partition coefficient (Wildman–Crippen LogP) is 6.26. The molecule has 48 heavy (non-hydrogen) atoms. The lowest BCUT2D eigenvalue weighted by Crippen LogP contribution is -2.58. The Bertz CT molecular complexity index is 1890. The highest BCUT2D eigenvalue weighted by atomic mass is 16.5. The normalized spacial score (nSPS) is 23.3. The molecule has 252 valence electrons. The third kappa shape index (κ3) is 5.54. The topological polar surface area (TPSA) is 113 Å². The Morgan fingerprint density at radius 3 is 2.62 bits per heavy atom. The highest BCUT2D eigenvalue weighted by Gasteiger charge is 2.49. The Labute approximate surface area is 282 Å². The number of ether oxygens (including phenoxy) is 1. The van der Waals surface area contributed by atoms with E-state index in [9.17, 15) is 9.59 Å². The monoisotopic (exact) mass is 649 g/mol. The van der Waals surface area contributed by atoms with Gasteiger partial charge in [0, 0.05) is 60.3 Å². The van der Waals surface area contributed by atoms with E-state index in [-0.39, 0.29) is 23.9 Å². The molecule has 1 aliphatic carbocycles. The summed E-state index contributed by atoms with van der Waals surface area (Å²) in [4.78, 5) is 38.5. The van der Waals surface area contributed by atoms with E-state index in [0.717, 1.165) is 77.3 Å². The van der Waals surface area contributed by atoms with Crippen LogP contribution in [0.2, 0.25) is 0 Å². The van der Waals surface area contributed by atoms with E-state index in [1.54, 1.807) is 7.05 Å². The summed E-state index contributed by atoms with van der Waals surface area (Å²) < 4.78 is 7.75. The highest BCUT2D eigenvalue weighted by Crippen LogP contribution is 2.47. The van der Waals surface area contributed by atoms with Crippen molar-refractivity contribution in [1.82, 2.24) is 25.2 Å². The van der Waals surface area contributed by atoms with Crippen LogP contribution < -0.4 is 20.9 Å². The fraction of sp³-hybridized carbons (Fsp3) is 0.474. The van der Waals surface area contributed by atoms with Gasteiger partial charge in [-0.3, -0.25) is 9.59 Å². The first-order valence-corrected chi connectivity index (χ1v) is 17.3. The van der Waals surface area contributed by atoms with Crippen LogP contribution >= 0.6 is 0 Å². The van der Waals surface area contributed by atoms with E-state index in [0.29, 0.717) is 29.4 Å². The quantitative estimate of drug-likeness (QED) is 0.207. The molecule has 7 rings (SSSR count). The maximum absolute atomic E-state index is 14.0. The molecule has 3 aliphatic rings. The molecule has 10 nitrogen and oxygen atoms in total. The number of rotatable bonds is 8. The molecule has 2 amide bonds. The van der Waals surface area contributed by atoms with E-state index in [1.807, 2.05) is 51.4 Å². The van der Waals surface area contributed by atoms with Crippen molar-refractivity contribution in [3.63, 3.8) is 0 Å². The largest absolute Gasteiger partial charge is 0.381 e. The van der Waals surface area contributed by atoms with Gasteiger partial charge in [-0.15, -0.1) is 0 Å². The van der Waals surface area contributed by atoms with Crippen LogP contribution in [0.25, 0.3) is 22.3 Å². The SMILES string of the molecule is CNC(=O)c1cc(Nc2nc(-c3ccc4c(c3)N(C3CC(N[C@@H]5CCOC[C@@H]5C)C3)C(=O)C4(C)C)cc3ncn(C(C)C)c23)ccc1C. The summed E-state index contributed by atoms with van der Waals surface area (Å²) in [7, 11) is 1.64. The van der Waals surface area contributed by atoms with E-state index in [2.05, 4.69) is 64.4 Å². The van der Waals surface area contributed by atoms with Crippen molar-refractivity contribution in [3.8, 4) is 11.3 Å². The minimum absolute atomic E-state index is 0.137. The number of aryl methyl sites for hydroxylation is 1. The van der Waals surface area contributed by atoms with Gasteiger partial charge in [0.1, 0.15) is 5.52 Å². The molecule has 2 atom stereocenters. The average molecular weight is 650 g/mol. The van der Waals surface area contributed by atoms with Gasteiger partial charge in [-0.05, 0) is 95.2 Å². The van der Waals surface area contributed by atoms with Crippen LogP contribution in [0.15, 0.2) is 48.8 Å². The first-order chi connectivity index (χ1) is 23.0. The molecule has 2 aromatic carbocycles. The Hall–Kier alpha value is -4.28. The molecule has 4 aromatic rings. The number of hydrogen-bond donors (Lipinski definition) is 3. The van der Waals surface area contributed by atoms with E-state index in [1.165, 1.54) is 0 Å². The summed E-state index contributed by atoms with van der Waals surface area (Å²) in [6.07, 6.45) is 4.77. The number of fused-ring (bicyclic) bond motifs is 2. The van der Waals surface area contributed by atoms with Crippen molar-refractivity contribution in [1.29, 1.82) is 0 Å². The second kappa shape index (κ2) is 12.3. The molecule has 2 fully saturated rings. The molecule has 1 saturated heterocycles. The van der Waals surface area contributed by atoms with Crippen LogP contribution in [-0.2, 0) is 14.9 Å². The Kier molecular flexibility index (Phi) is 8.28. The smallest absolute Gasteiger partial charge is 0.251 e. The van der Waals surface area contributed by atoms with Crippen LogP contribution in [0, 0.1) is 12.8 Å². The minimum atomic E-state index is -0.602. The predicted molar refractivity (Wildman–Crippen MR) is 190 cm³/mol. The summed E-state index contributed by atoms with van der Waals surface area (Å²) >= 11 is 0. The third-order valence-corrected chi connectivity index (χ3v) is 10.6. The van der Waals surface area contributed by atoms with Gasteiger partial charge in [0.15, 0.2) is 5.82 Å². The van der Waals surface area contributed by atoms with Crippen LogP contribution in [0.4, 0.5) is 17.2 Å². The molecule has 0 bridgehead atoms. The van der Waals surface area contributed by atoms with Gasteiger partial charge in [0.25, 0.3) is 5.91 Å². The zero-order chi connectivity index (χ0) is 33.9. The summed E-state index contributed by atoms with van der Waals surface area (Å²) in [5, 5.41) is 10.1. The van der Waals surface area contributed by atoms with Crippen molar-refractivity contribution in [2.75, 3.05) is 30.5 Å². The van der Waals surface area contributed by atoms with Crippen molar-refractivity contribution in [2.45, 2.75) is 90.4 Å². The number of anilines is 3. The number of carbonyl (C=O) groups excluding carboxylic acids is 2. The number of hydrogen-bond acceptors (Lipinski definition) is 7. The van der Waals surface area contributed by atoms with Gasteiger partial charge in [-0.1, -0.05) is 25.1 Å². The lowest BCUT2D eigenvalue weighted by Gasteiger charge is -2.45. The lowest BCUT2D eigenvalue weighted by atomic mass is 9.83. The van der Waals surface area contributed by atoms with Crippen molar-refractivity contribution >= 4 is 40.0 Å². The average Bonchev–Trinajstić information content (AvgIpc) is 3.57. The summed E-state index contributed by atoms with van der Waals surface area (Å²) in [5.74, 6) is 1.17. The van der Waals surface area contributed by atoms with Gasteiger partial charge in [0.2, 0.25) is 5.91 Å². The molecule has 2 aliphatic heterocycles. The van der Waals surface area contributed by atoms with Crippen LogP contribution in [0.5, 0.6) is 0 Å². The third-order valence-electron chi connectivity index (χ3n) is 10.6. The number of nitrogens with one attached hydrogen (secondary N) is 3. The summed E-state index contributed by atoms with van der Waals surface area (Å²) in [6, 6.07) is 15.3. The molecule has 2 aromatic heterocycles. The van der Waals surface area contributed by atoms with Gasteiger partial charge in [-0.2, -0.15) is 0 Å². The molecule has 0 spiro atoms. The number of nitrogens with zero attached hydrogens (tertiary/aromatic N) is 4. The van der Waals surface area contributed by atoms with E-state index >= 15 is 0 Å². The zero-order valence-corrected chi connectivity index (χ0v) is 29.1. The van der Waals surface area contributed by atoms with E-state index < -0.39 is 5.41 Å². The van der Waals surface area contributed by atoms with Crippen LogP contribution in [-0.4, -0.2) is 64.7 Å². The molecule has 10 heteroatoms. The molecule has 1 saturated carbocycles. The minimum Gasteiger partial charge on any atom is -0.381 e. The fourth-order valence-corrected chi connectivity index (χ4v) is 7.57. The summed E-state index contributed by atoms with van der Waals surface area (Å²) in [5.41, 5.74) is 7.08. The van der Waals surface area contributed by atoms with Gasteiger partial charge in [-0.25, -0.2) is 9.97 Å². The van der Waals surface area contributed by atoms with Gasteiger partial charge >= 0.3 is 0 Å². The number of aromatic nitrogens is 3. The molecule has 3 N–H and O–H groups in total.